The molecule has 4 rings (SSSR count). The molecule has 1 atom stereocenters. The van der Waals surface area contributed by atoms with Gasteiger partial charge in [0.25, 0.3) is 5.91 Å². The predicted molar refractivity (Wildman–Crippen MR) is 129 cm³/mol. The Bertz CT molecular complexity index is 1280. The molecule has 3 aromatic rings. The molecule has 2 aromatic carbocycles. The summed E-state index contributed by atoms with van der Waals surface area (Å²) in [5.74, 6) is 0.428. The van der Waals surface area contributed by atoms with Crippen LogP contribution in [0.4, 0.5) is 4.39 Å². The van der Waals surface area contributed by atoms with Gasteiger partial charge in [-0.25, -0.2) is 9.37 Å². The molecule has 1 aliphatic heterocycles. The van der Waals surface area contributed by atoms with Crippen LogP contribution in [0.15, 0.2) is 73.1 Å². The summed E-state index contributed by atoms with van der Waals surface area (Å²) in [5, 5.41) is 0. The van der Waals surface area contributed by atoms with Crippen molar-refractivity contribution in [3.63, 3.8) is 0 Å². The summed E-state index contributed by atoms with van der Waals surface area (Å²) in [4.78, 5) is 21.3. The number of hydrogen-bond donors (Lipinski definition) is 1. The largest absolute Gasteiger partial charge is 0.495 e. The van der Waals surface area contributed by atoms with Gasteiger partial charge in [0, 0.05) is 19.8 Å². The van der Waals surface area contributed by atoms with Gasteiger partial charge in [-0.2, -0.15) is 0 Å². The van der Waals surface area contributed by atoms with E-state index in [1.165, 1.54) is 12.1 Å². The number of hydrogen-bond acceptors (Lipinski definition) is 5. The number of carbonyl (C=O) groups excluding carboxylic acids is 1. The minimum atomic E-state index is -0.754. The standard InChI is InChI=1S/C26H28FN5O2/c1-17-14-31(16-29-17)23-11-6-19(13-24(23)34-5)12-22(28)25(33)32-18(2)30(4)15-26(32,3)20-7-9-21(27)10-8-20/h6-14,16H,2,15,28H2,1,3-5H3/b22-12-. The molecule has 8 heteroatoms. The van der Waals surface area contributed by atoms with Gasteiger partial charge in [-0.05, 0) is 55.3 Å². The summed E-state index contributed by atoms with van der Waals surface area (Å²) in [6.07, 6.45) is 5.23. The summed E-state index contributed by atoms with van der Waals surface area (Å²) >= 11 is 0. The lowest BCUT2D eigenvalue weighted by Crippen LogP contribution is -2.45. The van der Waals surface area contributed by atoms with Crippen LogP contribution in [0.25, 0.3) is 11.8 Å². The van der Waals surface area contributed by atoms with E-state index in [-0.39, 0.29) is 17.4 Å². The van der Waals surface area contributed by atoms with Gasteiger partial charge >= 0.3 is 0 Å². The van der Waals surface area contributed by atoms with Crippen molar-refractivity contribution in [2.75, 3.05) is 20.7 Å². The molecule has 1 fully saturated rings. The Balaban J connectivity index is 1.67. The van der Waals surface area contributed by atoms with Crippen molar-refractivity contribution in [1.82, 2.24) is 19.4 Å². The fourth-order valence-corrected chi connectivity index (χ4v) is 4.37. The van der Waals surface area contributed by atoms with Gasteiger partial charge in [0.15, 0.2) is 0 Å². The second-order valence-corrected chi connectivity index (χ2v) is 8.65. The van der Waals surface area contributed by atoms with Gasteiger partial charge in [-0.3, -0.25) is 9.69 Å². The summed E-state index contributed by atoms with van der Waals surface area (Å²) in [7, 11) is 3.45. The first-order valence-electron chi connectivity index (χ1n) is 10.8. The van der Waals surface area contributed by atoms with Crippen LogP contribution < -0.4 is 10.5 Å². The Labute approximate surface area is 198 Å². The van der Waals surface area contributed by atoms with Gasteiger partial charge < -0.3 is 19.9 Å². The van der Waals surface area contributed by atoms with Gasteiger partial charge in [0.05, 0.1) is 36.1 Å². The monoisotopic (exact) mass is 461 g/mol. The van der Waals surface area contributed by atoms with Crippen molar-refractivity contribution >= 4 is 12.0 Å². The molecule has 1 saturated heterocycles. The molecule has 0 spiro atoms. The summed E-state index contributed by atoms with van der Waals surface area (Å²) < 4.78 is 21.0. The molecule has 34 heavy (non-hydrogen) atoms. The average Bonchev–Trinajstić information content (AvgIpc) is 3.34. The average molecular weight is 462 g/mol. The number of carbonyl (C=O) groups is 1. The van der Waals surface area contributed by atoms with Crippen LogP contribution in [-0.4, -0.2) is 46.0 Å². The lowest BCUT2D eigenvalue weighted by molar-refractivity contribution is -0.128. The Morgan fingerprint density at radius 3 is 2.59 bits per heavy atom. The molecule has 1 amide bonds. The zero-order chi connectivity index (χ0) is 24.6. The highest BCUT2D eigenvalue weighted by molar-refractivity contribution is 5.98. The number of amides is 1. The van der Waals surface area contributed by atoms with E-state index in [0.29, 0.717) is 23.7 Å². The highest BCUT2D eigenvalue weighted by atomic mass is 19.1. The molecule has 1 unspecified atom stereocenters. The molecule has 176 valence electrons. The number of halogens is 1. The lowest BCUT2D eigenvalue weighted by atomic mass is 9.91. The molecule has 0 aliphatic carbocycles. The summed E-state index contributed by atoms with van der Waals surface area (Å²) in [6, 6.07) is 11.7. The van der Waals surface area contributed by atoms with Crippen LogP contribution in [0.2, 0.25) is 0 Å². The van der Waals surface area contributed by atoms with E-state index in [0.717, 1.165) is 16.9 Å². The Hall–Kier alpha value is -4.07. The number of rotatable bonds is 5. The van der Waals surface area contributed by atoms with Crippen LogP contribution >= 0.6 is 0 Å². The molecule has 0 saturated carbocycles. The van der Waals surface area contributed by atoms with E-state index >= 15 is 0 Å². The van der Waals surface area contributed by atoms with Gasteiger partial charge in [-0.1, -0.05) is 24.8 Å². The quantitative estimate of drug-likeness (QED) is 0.585. The lowest BCUT2D eigenvalue weighted by Gasteiger charge is -2.34. The Morgan fingerprint density at radius 1 is 1.26 bits per heavy atom. The number of methoxy groups -OCH3 is 1. The molecule has 2 heterocycles. The first kappa shape index (κ1) is 23.1. The van der Waals surface area contributed by atoms with Crippen LogP contribution in [-0.2, 0) is 10.3 Å². The smallest absolute Gasteiger partial charge is 0.276 e. The van der Waals surface area contributed by atoms with E-state index in [1.54, 1.807) is 36.5 Å². The molecule has 0 radical (unpaired) electrons. The number of aryl methyl sites for hydroxylation is 1. The van der Waals surface area contributed by atoms with Gasteiger partial charge in [-0.15, -0.1) is 0 Å². The molecule has 2 N–H and O–H groups in total. The molecular formula is C26H28FN5O2. The van der Waals surface area contributed by atoms with Crippen molar-refractivity contribution in [1.29, 1.82) is 0 Å². The number of benzene rings is 2. The minimum Gasteiger partial charge on any atom is -0.495 e. The van der Waals surface area contributed by atoms with E-state index in [1.807, 2.05) is 54.8 Å². The van der Waals surface area contributed by atoms with Crippen LogP contribution in [0.1, 0.15) is 23.7 Å². The van der Waals surface area contributed by atoms with Crippen LogP contribution in [0.3, 0.4) is 0 Å². The third kappa shape index (κ3) is 4.03. The summed E-state index contributed by atoms with van der Waals surface area (Å²) in [5.41, 5.74) is 8.82. The third-order valence-electron chi connectivity index (χ3n) is 6.17. The second-order valence-electron chi connectivity index (χ2n) is 8.65. The highest BCUT2D eigenvalue weighted by Crippen LogP contribution is 2.39. The third-order valence-corrected chi connectivity index (χ3v) is 6.17. The van der Waals surface area contributed by atoms with Crippen molar-refractivity contribution in [3.8, 4) is 11.4 Å². The summed E-state index contributed by atoms with van der Waals surface area (Å²) in [6.45, 7) is 8.42. The fraction of sp³-hybridized carbons (Fsp3) is 0.231. The zero-order valence-electron chi connectivity index (χ0n) is 19.7. The van der Waals surface area contributed by atoms with Crippen LogP contribution in [0.5, 0.6) is 5.75 Å². The molecule has 0 bridgehead atoms. The van der Waals surface area contributed by atoms with Crippen molar-refractivity contribution < 1.29 is 13.9 Å². The van der Waals surface area contributed by atoms with E-state index < -0.39 is 5.54 Å². The SMILES string of the molecule is C=C1N(C)CC(C)(c2ccc(F)cc2)N1C(=O)/C(N)=C/c1ccc(-n2cnc(C)c2)c(OC)c1. The van der Waals surface area contributed by atoms with Crippen molar-refractivity contribution in [2.45, 2.75) is 19.4 Å². The maximum atomic E-state index is 13.5. The van der Waals surface area contributed by atoms with E-state index in [9.17, 15) is 9.18 Å². The first-order chi connectivity index (χ1) is 16.1. The van der Waals surface area contributed by atoms with Crippen molar-refractivity contribution in [3.05, 3.63) is 95.7 Å². The van der Waals surface area contributed by atoms with Gasteiger partial charge in [0.1, 0.15) is 17.4 Å². The van der Waals surface area contributed by atoms with Gasteiger partial charge in [0.2, 0.25) is 0 Å². The maximum absolute atomic E-state index is 13.5. The molecular weight excluding hydrogens is 433 g/mol. The molecule has 1 aliphatic rings. The number of likely N-dealkylation sites (N-methyl/N-ethyl adjacent to an activating group) is 1. The fourth-order valence-electron chi connectivity index (χ4n) is 4.37. The minimum absolute atomic E-state index is 0.0538. The topological polar surface area (TPSA) is 76.6 Å². The first-order valence-corrected chi connectivity index (χ1v) is 10.8. The molecule has 1 aromatic heterocycles. The highest BCUT2D eigenvalue weighted by Gasteiger charge is 2.46. The normalized spacial score (nSPS) is 18.5. The molecule has 7 nitrogen and oxygen atoms in total. The number of aromatic nitrogens is 2. The second kappa shape index (κ2) is 8.70. The number of ether oxygens (including phenoxy) is 1. The van der Waals surface area contributed by atoms with Crippen LogP contribution in [0, 0.1) is 12.7 Å². The number of nitrogens with zero attached hydrogens (tertiary/aromatic N) is 4. The van der Waals surface area contributed by atoms with E-state index in [4.69, 9.17) is 10.5 Å². The Morgan fingerprint density at radius 2 is 1.97 bits per heavy atom. The number of nitrogens with two attached hydrogens (primary N) is 1. The number of imidazole rings is 1. The maximum Gasteiger partial charge on any atom is 0.276 e. The Kier molecular flexibility index (Phi) is 5.91. The predicted octanol–water partition coefficient (Wildman–Crippen LogP) is 3.79. The zero-order valence-corrected chi connectivity index (χ0v) is 19.7. The van der Waals surface area contributed by atoms with E-state index in [2.05, 4.69) is 11.6 Å². The van der Waals surface area contributed by atoms with Crippen molar-refractivity contribution in [2.24, 2.45) is 5.73 Å².